The van der Waals surface area contributed by atoms with Gasteiger partial charge >= 0.3 is 5.97 Å². The number of amides is 1. The molecule has 6 heteroatoms. The van der Waals surface area contributed by atoms with Crippen molar-refractivity contribution in [2.24, 2.45) is 5.92 Å². The molecule has 0 bridgehead atoms. The number of carboxylic acid groups (broad SMARTS) is 1. The number of hydrogen-bond acceptors (Lipinski definition) is 3. The number of carbonyl (C=O) groups excluding carboxylic acids is 1. The highest BCUT2D eigenvalue weighted by Crippen LogP contribution is 2.37. The summed E-state index contributed by atoms with van der Waals surface area (Å²) in [6.45, 7) is 2.33. The number of nitrogens with zero attached hydrogens (tertiary/aromatic N) is 2. The van der Waals surface area contributed by atoms with E-state index in [9.17, 15) is 14.7 Å². The van der Waals surface area contributed by atoms with Crippen LogP contribution in [0.5, 0.6) is 0 Å². The van der Waals surface area contributed by atoms with Crippen molar-refractivity contribution in [1.29, 1.82) is 0 Å². The van der Waals surface area contributed by atoms with Gasteiger partial charge in [-0.25, -0.2) is 0 Å². The molecule has 0 aliphatic carbocycles. The molecule has 1 amide bonds. The van der Waals surface area contributed by atoms with E-state index in [-0.39, 0.29) is 12.3 Å². The van der Waals surface area contributed by atoms with Crippen LogP contribution in [0.25, 0.3) is 0 Å². The fourth-order valence-corrected chi connectivity index (χ4v) is 2.55. The number of rotatable bonds is 3. The van der Waals surface area contributed by atoms with Crippen LogP contribution in [0.15, 0.2) is 22.8 Å². The number of pyridine rings is 1. The zero-order chi connectivity index (χ0) is 13.3. The zero-order valence-corrected chi connectivity index (χ0v) is 11.4. The summed E-state index contributed by atoms with van der Waals surface area (Å²) >= 11 is 3.28. The van der Waals surface area contributed by atoms with Gasteiger partial charge in [-0.3, -0.25) is 14.6 Å². The largest absolute Gasteiger partial charge is 0.481 e. The topological polar surface area (TPSA) is 70.5 Å². The van der Waals surface area contributed by atoms with Gasteiger partial charge < -0.3 is 10.0 Å². The molecule has 0 saturated carbocycles. The Morgan fingerprint density at radius 2 is 2.33 bits per heavy atom. The van der Waals surface area contributed by atoms with Crippen LogP contribution < -0.4 is 0 Å². The summed E-state index contributed by atoms with van der Waals surface area (Å²) < 4.78 is 0.825. The van der Waals surface area contributed by atoms with E-state index in [1.54, 1.807) is 23.2 Å². The lowest BCUT2D eigenvalue weighted by molar-refractivity contribution is -0.142. The van der Waals surface area contributed by atoms with Gasteiger partial charge in [0.1, 0.15) is 0 Å². The van der Waals surface area contributed by atoms with Crippen molar-refractivity contribution in [2.75, 3.05) is 6.54 Å². The number of carbonyl (C=O) groups is 2. The van der Waals surface area contributed by atoms with Crippen molar-refractivity contribution >= 4 is 27.8 Å². The normalized spacial score (nSPS) is 23.4. The zero-order valence-electron chi connectivity index (χ0n) is 9.84. The van der Waals surface area contributed by atoms with Gasteiger partial charge in [0.2, 0.25) is 5.91 Å². The van der Waals surface area contributed by atoms with E-state index in [4.69, 9.17) is 0 Å². The molecule has 1 fully saturated rings. The lowest BCUT2D eigenvalue weighted by Gasteiger charge is -2.25. The summed E-state index contributed by atoms with van der Waals surface area (Å²) in [6, 6.07) is 3.09. The summed E-state index contributed by atoms with van der Waals surface area (Å²) in [6.07, 6.45) is 1.66. The van der Waals surface area contributed by atoms with E-state index in [1.165, 1.54) is 0 Å². The Labute approximate surface area is 113 Å². The van der Waals surface area contributed by atoms with Gasteiger partial charge in [0.25, 0.3) is 0 Å². The Morgan fingerprint density at radius 3 is 2.83 bits per heavy atom. The smallest absolute Gasteiger partial charge is 0.309 e. The highest BCUT2D eigenvalue weighted by molar-refractivity contribution is 9.10. The minimum Gasteiger partial charge on any atom is -0.481 e. The van der Waals surface area contributed by atoms with Crippen molar-refractivity contribution in [3.63, 3.8) is 0 Å². The van der Waals surface area contributed by atoms with E-state index < -0.39 is 17.9 Å². The summed E-state index contributed by atoms with van der Waals surface area (Å²) in [7, 11) is 0. The second kappa shape index (κ2) is 5.06. The Morgan fingerprint density at radius 1 is 1.61 bits per heavy atom. The molecule has 5 nitrogen and oxygen atoms in total. The number of likely N-dealkylation sites (tertiary alicyclic amines) is 1. The fraction of sp³-hybridized carbons (Fsp3) is 0.417. The Hall–Kier alpha value is -1.43. The number of hydrogen-bond donors (Lipinski definition) is 1. The molecule has 2 heterocycles. The van der Waals surface area contributed by atoms with E-state index >= 15 is 0 Å². The molecule has 0 aromatic carbocycles. The second-order valence-corrected chi connectivity index (χ2v) is 5.09. The van der Waals surface area contributed by atoms with Crippen LogP contribution in [-0.4, -0.2) is 33.4 Å². The average Bonchev–Trinajstić information content (AvgIpc) is 2.67. The minimum atomic E-state index is -0.950. The van der Waals surface area contributed by atoms with E-state index in [0.29, 0.717) is 12.2 Å². The standard InChI is InChI=1S/C12H13BrN2O3/c1-2-15-10(16)5-8(12(17)18)11(15)9-4-3-7(13)6-14-9/h3-4,6,8,11H,2,5H2,1H3,(H,17,18). The summed E-state index contributed by atoms with van der Waals surface area (Å²) in [4.78, 5) is 28.8. The quantitative estimate of drug-likeness (QED) is 0.924. The maximum Gasteiger partial charge on any atom is 0.309 e. The van der Waals surface area contributed by atoms with Gasteiger partial charge in [-0.05, 0) is 35.0 Å². The first-order chi connectivity index (χ1) is 8.54. The van der Waals surface area contributed by atoms with Crippen LogP contribution in [0, 0.1) is 5.92 Å². The first-order valence-corrected chi connectivity index (χ1v) is 6.47. The molecular weight excluding hydrogens is 300 g/mol. The van der Waals surface area contributed by atoms with Crippen LogP contribution >= 0.6 is 15.9 Å². The highest BCUT2D eigenvalue weighted by Gasteiger charge is 2.44. The third-order valence-electron chi connectivity index (χ3n) is 3.14. The van der Waals surface area contributed by atoms with Crippen LogP contribution in [0.2, 0.25) is 0 Å². The van der Waals surface area contributed by atoms with Crippen LogP contribution in [0.1, 0.15) is 25.1 Å². The first-order valence-electron chi connectivity index (χ1n) is 5.68. The van der Waals surface area contributed by atoms with Crippen molar-refractivity contribution < 1.29 is 14.7 Å². The summed E-state index contributed by atoms with van der Waals surface area (Å²) in [5.41, 5.74) is 0.623. The van der Waals surface area contributed by atoms with Crippen LogP contribution in [-0.2, 0) is 9.59 Å². The van der Waals surface area contributed by atoms with Gasteiger partial charge in [-0.1, -0.05) is 0 Å². The Bertz CT molecular complexity index is 475. The molecule has 18 heavy (non-hydrogen) atoms. The monoisotopic (exact) mass is 312 g/mol. The fourth-order valence-electron chi connectivity index (χ4n) is 2.31. The lowest BCUT2D eigenvalue weighted by Crippen LogP contribution is -2.30. The lowest BCUT2D eigenvalue weighted by atomic mass is 9.97. The molecule has 2 unspecified atom stereocenters. The van der Waals surface area contributed by atoms with E-state index in [0.717, 1.165) is 4.47 Å². The molecule has 1 aliphatic heterocycles. The van der Waals surface area contributed by atoms with Gasteiger partial charge in [0.15, 0.2) is 0 Å². The predicted octanol–water partition coefficient (Wildman–Crippen LogP) is 1.84. The molecule has 1 saturated heterocycles. The Kier molecular flexibility index (Phi) is 3.65. The number of carboxylic acids is 1. The molecule has 2 rings (SSSR count). The van der Waals surface area contributed by atoms with Gasteiger partial charge in [0.05, 0.1) is 17.7 Å². The second-order valence-electron chi connectivity index (χ2n) is 4.17. The molecule has 96 valence electrons. The number of halogens is 1. The van der Waals surface area contributed by atoms with Crippen molar-refractivity contribution in [1.82, 2.24) is 9.88 Å². The van der Waals surface area contributed by atoms with Gasteiger partial charge in [-0.15, -0.1) is 0 Å². The molecular formula is C12H13BrN2O3. The van der Waals surface area contributed by atoms with Gasteiger partial charge in [-0.2, -0.15) is 0 Å². The third-order valence-corrected chi connectivity index (χ3v) is 3.61. The molecule has 1 aromatic heterocycles. The molecule has 1 N–H and O–H groups in total. The average molecular weight is 313 g/mol. The highest BCUT2D eigenvalue weighted by atomic mass is 79.9. The van der Waals surface area contributed by atoms with E-state index in [1.807, 2.05) is 6.92 Å². The third kappa shape index (κ3) is 2.25. The molecule has 0 radical (unpaired) electrons. The number of aliphatic carboxylic acids is 1. The molecule has 1 aromatic rings. The maximum atomic E-state index is 11.8. The minimum absolute atomic E-state index is 0.0472. The number of aromatic nitrogens is 1. The van der Waals surface area contributed by atoms with Crippen LogP contribution in [0.4, 0.5) is 0 Å². The van der Waals surface area contributed by atoms with Gasteiger partial charge in [0, 0.05) is 23.6 Å². The SMILES string of the molecule is CCN1C(=O)CC(C(=O)O)C1c1ccc(Br)cn1. The molecule has 0 spiro atoms. The summed E-state index contributed by atoms with van der Waals surface area (Å²) in [5, 5.41) is 9.21. The maximum absolute atomic E-state index is 11.8. The Balaban J connectivity index is 2.39. The predicted molar refractivity (Wildman–Crippen MR) is 67.8 cm³/mol. The first kappa shape index (κ1) is 13.0. The van der Waals surface area contributed by atoms with Crippen molar-refractivity contribution in [2.45, 2.75) is 19.4 Å². The van der Waals surface area contributed by atoms with Crippen molar-refractivity contribution in [3.05, 3.63) is 28.5 Å². The summed E-state index contributed by atoms with van der Waals surface area (Å²) in [5.74, 6) is -1.79. The van der Waals surface area contributed by atoms with Crippen molar-refractivity contribution in [3.8, 4) is 0 Å². The van der Waals surface area contributed by atoms with E-state index in [2.05, 4.69) is 20.9 Å². The molecule has 2 atom stereocenters. The van der Waals surface area contributed by atoms with Crippen LogP contribution in [0.3, 0.4) is 0 Å². The molecule has 1 aliphatic rings.